The van der Waals surface area contributed by atoms with E-state index in [0.29, 0.717) is 11.9 Å². The Hall–Kier alpha value is -2.14. The Labute approximate surface area is 171 Å². The van der Waals surface area contributed by atoms with Gasteiger partial charge in [0.25, 0.3) is 0 Å². The minimum absolute atomic E-state index is 0.266. The number of hydrogen-bond acceptors (Lipinski definition) is 5. The Bertz CT molecular complexity index is 880. The molecule has 0 radical (unpaired) electrons. The molecule has 0 N–H and O–H groups in total. The maximum Gasteiger partial charge on any atom is 0.161 e. The third-order valence-corrected chi connectivity index (χ3v) is 6.76. The minimum atomic E-state index is 0.266. The van der Waals surface area contributed by atoms with Crippen molar-refractivity contribution >= 4 is 16.8 Å². The summed E-state index contributed by atoms with van der Waals surface area (Å²) in [5, 5.41) is 1.50. The first-order chi connectivity index (χ1) is 13.7. The summed E-state index contributed by atoms with van der Waals surface area (Å²) in [6, 6.07) is 12.8. The molecular weight excluding hydrogens is 370 g/mol. The Balaban J connectivity index is 1.38. The second kappa shape index (κ2) is 8.48. The van der Waals surface area contributed by atoms with Crippen molar-refractivity contribution in [2.24, 2.45) is 4.99 Å². The van der Waals surface area contributed by atoms with E-state index in [-0.39, 0.29) is 6.04 Å². The molecule has 0 saturated carbocycles. The molecule has 1 heterocycles. The van der Waals surface area contributed by atoms with Gasteiger partial charge in [0.15, 0.2) is 11.5 Å². The van der Waals surface area contributed by atoms with Gasteiger partial charge in [0.1, 0.15) is 5.75 Å². The summed E-state index contributed by atoms with van der Waals surface area (Å²) < 4.78 is 16.8. The van der Waals surface area contributed by atoms with Gasteiger partial charge in [0.2, 0.25) is 0 Å². The number of methoxy groups -OCH3 is 2. The summed E-state index contributed by atoms with van der Waals surface area (Å²) in [5.74, 6) is 2.46. The molecule has 148 valence electrons. The molecule has 2 aromatic carbocycles. The average Bonchev–Trinajstić information content (AvgIpc) is 3.33. The molecule has 1 aliphatic carbocycles. The fourth-order valence-corrected chi connectivity index (χ4v) is 5.05. The van der Waals surface area contributed by atoms with Gasteiger partial charge < -0.3 is 14.2 Å². The van der Waals surface area contributed by atoms with Gasteiger partial charge in [-0.15, -0.1) is 11.8 Å². The summed E-state index contributed by atoms with van der Waals surface area (Å²) >= 11 is 1.82. The van der Waals surface area contributed by atoms with Crippen molar-refractivity contribution in [1.82, 2.24) is 0 Å². The minimum Gasteiger partial charge on any atom is -0.494 e. The van der Waals surface area contributed by atoms with Gasteiger partial charge in [-0.1, -0.05) is 13.0 Å². The molecule has 4 rings (SSSR count). The van der Waals surface area contributed by atoms with Crippen LogP contribution in [0.25, 0.3) is 0 Å². The van der Waals surface area contributed by atoms with Crippen LogP contribution < -0.4 is 14.2 Å². The molecule has 4 nitrogen and oxygen atoms in total. The quantitative estimate of drug-likeness (QED) is 0.665. The smallest absolute Gasteiger partial charge is 0.161 e. The van der Waals surface area contributed by atoms with Crippen LogP contribution in [-0.2, 0) is 12.8 Å². The lowest BCUT2D eigenvalue weighted by Crippen LogP contribution is -2.17. The van der Waals surface area contributed by atoms with Crippen LogP contribution in [0.4, 0.5) is 0 Å². The fraction of sp³-hybridized carbons (Fsp3) is 0.435. The lowest BCUT2D eigenvalue weighted by Gasteiger charge is -2.13. The molecule has 0 fully saturated rings. The van der Waals surface area contributed by atoms with E-state index >= 15 is 0 Å². The Morgan fingerprint density at radius 3 is 2.64 bits per heavy atom. The summed E-state index contributed by atoms with van der Waals surface area (Å²) in [7, 11) is 3.31. The van der Waals surface area contributed by atoms with E-state index in [1.165, 1.54) is 30.4 Å². The topological polar surface area (TPSA) is 40.0 Å². The van der Waals surface area contributed by atoms with Crippen LogP contribution in [0.3, 0.4) is 0 Å². The molecule has 2 aromatic rings. The SMILES string of the molecule is COc1ccc(C2=NC(CCOc3ccc4c(c3)CCC4)C(C)S2)cc1OC. The number of nitrogens with zero attached hydrogens (tertiary/aromatic N) is 1. The van der Waals surface area contributed by atoms with E-state index in [1.807, 2.05) is 30.0 Å². The lowest BCUT2D eigenvalue weighted by atomic mass is 10.1. The second-order valence-corrected chi connectivity index (χ2v) is 8.68. The van der Waals surface area contributed by atoms with E-state index in [0.717, 1.165) is 34.3 Å². The van der Waals surface area contributed by atoms with Crippen molar-refractivity contribution in [2.75, 3.05) is 20.8 Å². The summed E-state index contributed by atoms with van der Waals surface area (Å²) in [6.45, 7) is 2.93. The van der Waals surface area contributed by atoms with E-state index in [9.17, 15) is 0 Å². The molecular formula is C23H27NO3S. The number of aliphatic imine (C=N–C) groups is 1. The molecule has 1 aliphatic heterocycles. The lowest BCUT2D eigenvalue weighted by molar-refractivity contribution is 0.298. The van der Waals surface area contributed by atoms with Crippen molar-refractivity contribution in [1.29, 1.82) is 0 Å². The molecule has 0 amide bonds. The zero-order chi connectivity index (χ0) is 19.5. The van der Waals surface area contributed by atoms with Gasteiger partial charge in [0, 0.05) is 17.2 Å². The number of ether oxygens (including phenoxy) is 3. The van der Waals surface area contributed by atoms with Crippen LogP contribution in [0, 0.1) is 0 Å². The van der Waals surface area contributed by atoms with E-state index in [1.54, 1.807) is 14.2 Å². The highest BCUT2D eigenvalue weighted by Gasteiger charge is 2.27. The predicted molar refractivity (Wildman–Crippen MR) is 116 cm³/mol. The van der Waals surface area contributed by atoms with E-state index < -0.39 is 0 Å². The first kappa shape index (κ1) is 19.2. The monoisotopic (exact) mass is 397 g/mol. The highest BCUT2D eigenvalue weighted by molar-refractivity contribution is 8.15. The average molecular weight is 398 g/mol. The maximum absolute atomic E-state index is 6.03. The van der Waals surface area contributed by atoms with Gasteiger partial charge in [-0.25, -0.2) is 0 Å². The largest absolute Gasteiger partial charge is 0.494 e. The molecule has 0 saturated heterocycles. The van der Waals surface area contributed by atoms with Crippen molar-refractivity contribution in [2.45, 2.75) is 43.9 Å². The van der Waals surface area contributed by atoms with Crippen LogP contribution in [0.15, 0.2) is 41.4 Å². The molecule has 5 heteroatoms. The van der Waals surface area contributed by atoms with Crippen molar-refractivity contribution in [3.8, 4) is 17.2 Å². The highest BCUT2D eigenvalue weighted by atomic mass is 32.2. The standard InChI is InChI=1S/C23H27NO3S/c1-15-20(11-12-27-19-9-7-16-5-4-6-17(16)13-19)24-23(28-15)18-8-10-21(25-2)22(14-18)26-3/h7-10,13-15,20H,4-6,11-12H2,1-3H3. The Kier molecular flexibility index (Phi) is 5.81. The molecule has 2 unspecified atom stereocenters. The number of rotatable bonds is 7. The fourth-order valence-electron chi connectivity index (χ4n) is 3.89. The summed E-state index contributed by atoms with van der Waals surface area (Å²) in [4.78, 5) is 4.96. The van der Waals surface area contributed by atoms with Gasteiger partial charge in [-0.05, 0) is 60.7 Å². The van der Waals surface area contributed by atoms with E-state index in [2.05, 4.69) is 25.1 Å². The highest BCUT2D eigenvalue weighted by Crippen LogP contribution is 2.35. The van der Waals surface area contributed by atoms with Crippen LogP contribution in [-0.4, -0.2) is 37.2 Å². The zero-order valence-electron chi connectivity index (χ0n) is 16.7. The van der Waals surface area contributed by atoms with Gasteiger partial charge in [-0.3, -0.25) is 4.99 Å². The first-order valence-corrected chi connectivity index (χ1v) is 10.8. The van der Waals surface area contributed by atoms with Crippen LogP contribution in [0.1, 0.15) is 36.5 Å². The molecule has 2 aliphatic rings. The van der Waals surface area contributed by atoms with E-state index in [4.69, 9.17) is 19.2 Å². The number of benzene rings is 2. The zero-order valence-corrected chi connectivity index (χ0v) is 17.6. The van der Waals surface area contributed by atoms with Crippen molar-refractivity contribution < 1.29 is 14.2 Å². The molecule has 0 bridgehead atoms. The molecule has 28 heavy (non-hydrogen) atoms. The first-order valence-electron chi connectivity index (χ1n) is 9.89. The normalized spacial score (nSPS) is 20.6. The van der Waals surface area contributed by atoms with Gasteiger partial charge in [0.05, 0.1) is 31.9 Å². The third-order valence-electron chi connectivity index (χ3n) is 5.51. The number of fused-ring (bicyclic) bond motifs is 1. The van der Waals surface area contributed by atoms with Gasteiger partial charge in [-0.2, -0.15) is 0 Å². The van der Waals surface area contributed by atoms with Crippen LogP contribution in [0.5, 0.6) is 17.2 Å². The maximum atomic E-state index is 6.03. The number of aryl methyl sites for hydroxylation is 2. The third kappa shape index (κ3) is 4.00. The van der Waals surface area contributed by atoms with Crippen LogP contribution in [0.2, 0.25) is 0 Å². The number of hydrogen-bond donors (Lipinski definition) is 0. The molecule has 0 spiro atoms. The van der Waals surface area contributed by atoms with Crippen molar-refractivity contribution in [3.05, 3.63) is 53.1 Å². The Morgan fingerprint density at radius 2 is 1.82 bits per heavy atom. The predicted octanol–water partition coefficient (Wildman–Crippen LogP) is 4.91. The van der Waals surface area contributed by atoms with Crippen LogP contribution >= 0.6 is 11.8 Å². The van der Waals surface area contributed by atoms with Crippen molar-refractivity contribution in [3.63, 3.8) is 0 Å². The Morgan fingerprint density at radius 1 is 1.00 bits per heavy atom. The van der Waals surface area contributed by atoms with Gasteiger partial charge >= 0.3 is 0 Å². The second-order valence-electron chi connectivity index (χ2n) is 7.32. The summed E-state index contributed by atoms with van der Waals surface area (Å²) in [5.41, 5.74) is 4.02. The number of thioether (sulfide) groups is 1. The molecule has 0 aromatic heterocycles. The molecule has 2 atom stereocenters. The summed E-state index contributed by atoms with van der Waals surface area (Å²) in [6.07, 6.45) is 4.58.